The molecule has 1 aliphatic rings. The second kappa shape index (κ2) is 4.79. The highest BCUT2D eigenvalue weighted by atomic mass is 16.2. The average molecular weight is 208 g/mol. The molecular weight excluding hydrogens is 188 g/mol. The molecule has 1 heterocycles. The Morgan fingerprint density at radius 3 is 2.87 bits per heavy atom. The molecule has 3 heteroatoms. The standard InChI is InChI=1S/C12H20N2O/c1-14-11(5-3-2-4-8-15)9-12(13-14)10-6-7-10/h9-10,15H,2-8H2,1H3. The third kappa shape index (κ3) is 2.81. The van der Waals surface area contributed by atoms with Gasteiger partial charge >= 0.3 is 0 Å². The molecule has 84 valence electrons. The van der Waals surface area contributed by atoms with E-state index < -0.39 is 0 Å². The highest BCUT2D eigenvalue weighted by molar-refractivity contribution is 5.18. The number of unbranched alkanes of at least 4 members (excludes halogenated alkanes) is 2. The van der Waals surface area contributed by atoms with E-state index in [-0.39, 0.29) is 0 Å². The number of aromatic nitrogens is 2. The van der Waals surface area contributed by atoms with Gasteiger partial charge in [0.25, 0.3) is 0 Å². The van der Waals surface area contributed by atoms with E-state index >= 15 is 0 Å². The first kappa shape index (κ1) is 10.7. The second-order valence-electron chi connectivity index (χ2n) is 4.49. The minimum absolute atomic E-state index is 0.318. The lowest BCUT2D eigenvalue weighted by Gasteiger charge is -2.00. The number of nitrogens with zero attached hydrogens (tertiary/aromatic N) is 2. The van der Waals surface area contributed by atoms with Crippen LogP contribution in [0.25, 0.3) is 0 Å². The van der Waals surface area contributed by atoms with E-state index in [0.29, 0.717) is 6.61 Å². The third-order valence-corrected chi connectivity index (χ3v) is 3.08. The minimum atomic E-state index is 0.318. The van der Waals surface area contributed by atoms with E-state index in [9.17, 15) is 0 Å². The Balaban J connectivity index is 1.84. The maximum Gasteiger partial charge on any atom is 0.0658 e. The van der Waals surface area contributed by atoms with E-state index in [2.05, 4.69) is 11.2 Å². The van der Waals surface area contributed by atoms with Gasteiger partial charge in [-0.25, -0.2) is 0 Å². The summed E-state index contributed by atoms with van der Waals surface area (Å²) in [7, 11) is 2.03. The maximum atomic E-state index is 8.69. The number of aryl methyl sites for hydroxylation is 2. The molecule has 1 aromatic heterocycles. The van der Waals surface area contributed by atoms with Gasteiger partial charge in [-0.1, -0.05) is 6.42 Å². The van der Waals surface area contributed by atoms with Crippen molar-refractivity contribution in [1.29, 1.82) is 0 Å². The van der Waals surface area contributed by atoms with Gasteiger partial charge in [0, 0.05) is 25.3 Å². The molecule has 0 atom stereocenters. The molecule has 0 bridgehead atoms. The summed E-state index contributed by atoms with van der Waals surface area (Å²) < 4.78 is 2.02. The van der Waals surface area contributed by atoms with Crippen LogP contribution in [0.15, 0.2) is 6.07 Å². The van der Waals surface area contributed by atoms with Gasteiger partial charge < -0.3 is 5.11 Å². The van der Waals surface area contributed by atoms with Crippen molar-refractivity contribution in [2.24, 2.45) is 7.05 Å². The lowest BCUT2D eigenvalue weighted by atomic mass is 10.1. The fraction of sp³-hybridized carbons (Fsp3) is 0.750. The molecule has 1 N–H and O–H groups in total. The predicted molar refractivity (Wildman–Crippen MR) is 59.8 cm³/mol. The number of hydrogen-bond donors (Lipinski definition) is 1. The first-order valence-corrected chi connectivity index (χ1v) is 5.95. The van der Waals surface area contributed by atoms with Crippen LogP contribution in [-0.4, -0.2) is 21.5 Å². The van der Waals surface area contributed by atoms with Gasteiger partial charge in [-0.05, 0) is 38.2 Å². The summed E-state index contributed by atoms with van der Waals surface area (Å²) in [5, 5.41) is 13.2. The zero-order valence-corrected chi connectivity index (χ0v) is 9.45. The summed E-state index contributed by atoms with van der Waals surface area (Å²) in [6.07, 6.45) is 6.93. The average Bonchev–Trinajstić information content (AvgIpc) is 3.00. The summed E-state index contributed by atoms with van der Waals surface area (Å²) >= 11 is 0. The quantitative estimate of drug-likeness (QED) is 0.726. The Bertz CT molecular complexity index is 315. The summed E-state index contributed by atoms with van der Waals surface area (Å²) in [5.74, 6) is 0.752. The molecule has 3 nitrogen and oxygen atoms in total. The number of hydrogen-bond acceptors (Lipinski definition) is 2. The van der Waals surface area contributed by atoms with Gasteiger partial charge in [-0.15, -0.1) is 0 Å². The number of aliphatic hydroxyl groups excluding tert-OH is 1. The zero-order chi connectivity index (χ0) is 10.7. The normalized spacial score (nSPS) is 15.9. The monoisotopic (exact) mass is 208 g/mol. The molecule has 0 unspecified atom stereocenters. The van der Waals surface area contributed by atoms with Crippen LogP contribution in [0.1, 0.15) is 49.4 Å². The lowest BCUT2D eigenvalue weighted by molar-refractivity contribution is 0.283. The van der Waals surface area contributed by atoms with Crippen molar-refractivity contribution in [3.8, 4) is 0 Å². The van der Waals surface area contributed by atoms with E-state index in [1.54, 1.807) is 0 Å². The Morgan fingerprint density at radius 1 is 1.40 bits per heavy atom. The molecule has 1 aliphatic carbocycles. The highest BCUT2D eigenvalue weighted by Crippen LogP contribution is 2.39. The third-order valence-electron chi connectivity index (χ3n) is 3.08. The first-order valence-electron chi connectivity index (χ1n) is 5.95. The van der Waals surface area contributed by atoms with Crippen LogP contribution < -0.4 is 0 Å². The molecule has 15 heavy (non-hydrogen) atoms. The van der Waals surface area contributed by atoms with Crippen LogP contribution in [0.2, 0.25) is 0 Å². The molecule has 1 saturated carbocycles. The van der Waals surface area contributed by atoms with E-state index in [1.165, 1.54) is 24.2 Å². The molecule has 0 spiro atoms. The summed E-state index contributed by atoms with van der Waals surface area (Å²) in [4.78, 5) is 0. The smallest absolute Gasteiger partial charge is 0.0658 e. The van der Waals surface area contributed by atoms with Crippen molar-refractivity contribution in [2.45, 2.75) is 44.4 Å². The largest absolute Gasteiger partial charge is 0.396 e. The van der Waals surface area contributed by atoms with Crippen LogP contribution in [0.4, 0.5) is 0 Å². The molecule has 2 rings (SSSR count). The van der Waals surface area contributed by atoms with Gasteiger partial charge in [-0.2, -0.15) is 5.10 Å². The highest BCUT2D eigenvalue weighted by Gasteiger charge is 2.26. The molecule has 1 fully saturated rings. The summed E-state index contributed by atoms with van der Waals surface area (Å²) in [6, 6.07) is 2.26. The first-order chi connectivity index (χ1) is 7.31. The van der Waals surface area contributed by atoms with Crippen LogP contribution >= 0.6 is 0 Å². The van der Waals surface area contributed by atoms with E-state index in [0.717, 1.165) is 31.6 Å². The van der Waals surface area contributed by atoms with Gasteiger partial charge in [0.05, 0.1) is 5.69 Å². The van der Waals surface area contributed by atoms with Gasteiger partial charge in [0.15, 0.2) is 0 Å². The number of aliphatic hydroxyl groups is 1. The van der Waals surface area contributed by atoms with Gasteiger partial charge in [-0.3, -0.25) is 4.68 Å². The fourth-order valence-electron chi connectivity index (χ4n) is 1.94. The summed E-state index contributed by atoms with van der Waals surface area (Å²) in [5.41, 5.74) is 2.63. The Hall–Kier alpha value is -0.830. The van der Waals surface area contributed by atoms with Crippen molar-refractivity contribution in [3.63, 3.8) is 0 Å². The predicted octanol–water partition coefficient (Wildman–Crippen LogP) is 2.00. The molecule has 0 aliphatic heterocycles. The lowest BCUT2D eigenvalue weighted by Crippen LogP contribution is -1.98. The van der Waals surface area contributed by atoms with Crippen LogP contribution in [0, 0.1) is 0 Å². The molecule has 0 aromatic carbocycles. The second-order valence-corrected chi connectivity index (χ2v) is 4.49. The van der Waals surface area contributed by atoms with Crippen molar-refractivity contribution in [3.05, 3.63) is 17.5 Å². The molecule has 0 amide bonds. The minimum Gasteiger partial charge on any atom is -0.396 e. The van der Waals surface area contributed by atoms with Crippen LogP contribution in [-0.2, 0) is 13.5 Å². The Morgan fingerprint density at radius 2 is 2.20 bits per heavy atom. The van der Waals surface area contributed by atoms with E-state index in [4.69, 9.17) is 5.11 Å². The Labute approximate surface area is 91.1 Å². The molecule has 0 radical (unpaired) electrons. The van der Waals surface area contributed by atoms with Crippen LogP contribution in [0.3, 0.4) is 0 Å². The van der Waals surface area contributed by atoms with Gasteiger partial charge in [0.2, 0.25) is 0 Å². The fourth-order valence-corrected chi connectivity index (χ4v) is 1.94. The number of rotatable bonds is 6. The molecular formula is C12H20N2O. The van der Waals surface area contributed by atoms with Crippen molar-refractivity contribution in [2.75, 3.05) is 6.61 Å². The van der Waals surface area contributed by atoms with E-state index in [1.807, 2.05) is 11.7 Å². The SMILES string of the molecule is Cn1nc(C2CC2)cc1CCCCCO. The summed E-state index contributed by atoms with van der Waals surface area (Å²) in [6.45, 7) is 0.318. The van der Waals surface area contributed by atoms with Crippen molar-refractivity contribution < 1.29 is 5.11 Å². The van der Waals surface area contributed by atoms with Gasteiger partial charge in [0.1, 0.15) is 0 Å². The topological polar surface area (TPSA) is 38.0 Å². The Kier molecular flexibility index (Phi) is 3.41. The van der Waals surface area contributed by atoms with Crippen molar-refractivity contribution >= 4 is 0 Å². The molecule has 0 saturated heterocycles. The van der Waals surface area contributed by atoms with Crippen molar-refractivity contribution in [1.82, 2.24) is 9.78 Å². The maximum absolute atomic E-state index is 8.69. The molecule has 1 aromatic rings. The van der Waals surface area contributed by atoms with Crippen LogP contribution in [0.5, 0.6) is 0 Å². The zero-order valence-electron chi connectivity index (χ0n) is 9.45.